The topological polar surface area (TPSA) is 74.4 Å². The molecule has 1 aliphatic rings. The van der Waals surface area contributed by atoms with E-state index in [2.05, 4.69) is 27.3 Å². The third-order valence-corrected chi connectivity index (χ3v) is 4.42. The van der Waals surface area contributed by atoms with E-state index in [1.54, 1.807) is 19.1 Å². The van der Waals surface area contributed by atoms with Crippen molar-refractivity contribution < 1.29 is 9.53 Å². The van der Waals surface area contributed by atoms with Gasteiger partial charge in [-0.2, -0.15) is 0 Å². The molecule has 1 aliphatic heterocycles. The van der Waals surface area contributed by atoms with Gasteiger partial charge in [-0.1, -0.05) is 12.1 Å². The van der Waals surface area contributed by atoms with E-state index in [4.69, 9.17) is 4.74 Å². The Morgan fingerprint density at radius 2 is 1.84 bits per heavy atom. The lowest BCUT2D eigenvalue weighted by atomic mass is 10.1. The van der Waals surface area contributed by atoms with Crippen LogP contribution in [0.1, 0.15) is 34.6 Å². The number of nitrogens with zero attached hydrogens (tertiary/aromatic N) is 1. The largest absolute Gasteiger partial charge is 0.378 e. The van der Waals surface area contributed by atoms with Gasteiger partial charge < -0.3 is 19.9 Å². The number of carbonyl (C=O) groups excluding carboxylic acids is 1. The number of aryl methyl sites for hydroxylation is 1. The Bertz CT molecular complexity index is 792. The monoisotopic (exact) mass is 341 g/mol. The van der Waals surface area contributed by atoms with Gasteiger partial charge in [0.1, 0.15) is 5.56 Å². The van der Waals surface area contributed by atoms with E-state index in [-0.39, 0.29) is 23.1 Å². The maximum atomic E-state index is 12.3. The lowest BCUT2D eigenvalue weighted by Crippen LogP contribution is -2.36. The summed E-state index contributed by atoms with van der Waals surface area (Å²) < 4.78 is 5.37. The van der Waals surface area contributed by atoms with Crippen molar-refractivity contribution in [1.82, 2.24) is 10.3 Å². The van der Waals surface area contributed by atoms with Gasteiger partial charge >= 0.3 is 0 Å². The number of pyridine rings is 1. The number of aromatic amines is 1. The van der Waals surface area contributed by atoms with Crippen LogP contribution >= 0.6 is 0 Å². The quantitative estimate of drug-likeness (QED) is 0.892. The molecule has 1 aromatic heterocycles. The number of carbonyl (C=O) groups is 1. The van der Waals surface area contributed by atoms with E-state index in [9.17, 15) is 9.59 Å². The zero-order valence-electron chi connectivity index (χ0n) is 14.5. The fourth-order valence-electron chi connectivity index (χ4n) is 2.90. The molecule has 0 radical (unpaired) electrons. The summed E-state index contributed by atoms with van der Waals surface area (Å²) in [6.45, 7) is 6.97. The minimum Gasteiger partial charge on any atom is -0.378 e. The normalized spacial score (nSPS) is 15.7. The van der Waals surface area contributed by atoms with E-state index in [1.807, 2.05) is 19.1 Å². The molecule has 2 heterocycles. The Kier molecular flexibility index (Phi) is 5.19. The Labute approximate surface area is 146 Å². The Morgan fingerprint density at radius 1 is 1.16 bits per heavy atom. The van der Waals surface area contributed by atoms with Crippen LogP contribution in [0.25, 0.3) is 0 Å². The Balaban J connectivity index is 1.67. The number of rotatable bonds is 4. The average molecular weight is 341 g/mol. The second-order valence-corrected chi connectivity index (χ2v) is 6.27. The standard InChI is InChI=1S/C19H23N3O3/c1-13-3-8-17(18(23)20-13)19(24)21-14(2)15-4-6-16(7-5-15)22-9-11-25-12-10-22/h3-8,14H,9-12H2,1-2H3,(H,20,23)(H,21,24). The number of ether oxygens (including phenoxy) is 1. The fourth-order valence-corrected chi connectivity index (χ4v) is 2.90. The first-order chi connectivity index (χ1) is 12.0. The number of aromatic nitrogens is 1. The smallest absolute Gasteiger partial charge is 0.260 e. The van der Waals surface area contributed by atoms with Crippen LogP contribution in [0, 0.1) is 6.92 Å². The highest BCUT2D eigenvalue weighted by molar-refractivity contribution is 5.94. The molecule has 1 amide bonds. The van der Waals surface area contributed by atoms with Crippen molar-refractivity contribution in [2.24, 2.45) is 0 Å². The summed E-state index contributed by atoms with van der Waals surface area (Å²) in [5.41, 5.74) is 2.64. The van der Waals surface area contributed by atoms with Crippen LogP contribution in [0.5, 0.6) is 0 Å². The highest BCUT2D eigenvalue weighted by Crippen LogP contribution is 2.20. The summed E-state index contributed by atoms with van der Waals surface area (Å²) in [5, 5.41) is 2.88. The minimum atomic E-state index is -0.369. The van der Waals surface area contributed by atoms with Crippen LogP contribution in [-0.2, 0) is 4.74 Å². The molecule has 0 saturated carbocycles. The van der Waals surface area contributed by atoms with Gasteiger partial charge in [0, 0.05) is 24.5 Å². The van der Waals surface area contributed by atoms with Gasteiger partial charge in [0.2, 0.25) is 0 Å². The maximum absolute atomic E-state index is 12.3. The summed E-state index contributed by atoms with van der Waals surface area (Å²) in [7, 11) is 0. The van der Waals surface area contributed by atoms with E-state index in [1.165, 1.54) is 0 Å². The van der Waals surface area contributed by atoms with Gasteiger partial charge in [-0.3, -0.25) is 9.59 Å². The zero-order chi connectivity index (χ0) is 17.8. The molecule has 1 atom stereocenters. The van der Waals surface area contributed by atoms with Crippen molar-refractivity contribution in [3.8, 4) is 0 Å². The predicted molar refractivity (Wildman–Crippen MR) is 97.2 cm³/mol. The molecule has 1 aromatic carbocycles. The van der Waals surface area contributed by atoms with Crippen molar-refractivity contribution in [1.29, 1.82) is 0 Å². The molecule has 0 bridgehead atoms. The number of hydrogen-bond donors (Lipinski definition) is 2. The van der Waals surface area contributed by atoms with Crippen molar-refractivity contribution in [2.45, 2.75) is 19.9 Å². The second kappa shape index (κ2) is 7.53. The van der Waals surface area contributed by atoms with Crippen LogP contribution in [0.2, 0.25) is 0 Å². The highest BCUT2D eigenvalue weighted by atomic mass is 16.5. The molecule has 2 N–H and O–H groups in total. The van der Waals surface area contributed by atoms with E-state index >= 15 is 0 Å². The zero-order valence-corrected chi connectivity index (χ0v) is 14.5. The molecular weight excluding hydrogens is 318 g/mol. The van der Waals surface area contributed by atoms with Crippen LogP contribution < -0.4 is 15.8 Å². The summed E-state index contributed by atoms with van der Waals surface area (Å²) in [6.07, 6.45) is 0. The fraction of sp³-hybridized carbons (Fsp3) is 0.368. The number of anilines is 1. The molecule has 6 heteroatoms. The second-order valence-electron chi connectivity index (χ2n) is 6.27. The number of amides is 1. The third-order valence-electron chi connectivity index (χ3n) is 4.42. The van der Waals surface area contributed by atoms with Gasteiger partial charge in [-0.25, -0.2) is 0 Å². The number of hydrogen-bond acceptors (Lipinski definition) is 4. The third kappa shape index (κ3) is 4.09. The molecule has 6 nitrogen and oxygen atoms in total. The van der Waals surface area contributed by atoms with Gasteiger partial charge in [0.25, 0.3) is 11.5 Å². The highest BCUT2D eigenvalue weighted by Gasteiger charge is 2.15. The molecule has 25 heavy (non-hydrogen) atoms. The van der Waals surface area contributed by atoms with Crippen molar-refractivity contribution in [2.75, 3.05) is 31.2 Å². The lowest BCUT2D eigenvalue weighted by molar-refractivity contribution is 0.0938. The van der Waals surface area contributed by atoms with Gasteiger partial charge in [0.05, 0.1) is 19.3 Å². The average Bonchev–Trinajstić information content (AvgIpc) is 2.62. The maximum Gasteiger partial charge on any atom is 0.260 e. The molecule has 1 saturated heterocycles. The van der Waals surface area contributed by atoms with Gasteiger partial charge in [0.15, 0.2) is 0 Å². The van der Waals surface area contributed by atoms with Crippen molar-refractivity contribution in [3.05, 3.63) is 63.6 Å². The Hall–Kier alpha value is -2.60. The predicted octanol–water partition coefficient (Wildman–Crippen LogP) is 2.01. The number of nitrogens with one attached hydrogen (secondary N) is 2. The molecule has 0 aliphatic carbocycles. The Morgan fingerprint density at radius 3 is 2.48 bits per heavy atom. The van der Waals surface area contributed by atoms with E-state index < -0.39 is 0 Å². The first-order valence-electron chi connectivity index (χ1n) is 8.48. The number of benzene rings is 1. The summed E-state index contributed by atoms with van der Waals surface area (Å²) in [5.74, 6) is -0.369. The van der Waals surface area contributed by atoms with Gasteiger partial charge in [-0.05, 0) is 43.7 Å². The SMILES string of the molecule is Cc1ccc(C(=O)NC(C)c2ccc(N3CCOCC3)cc2)c(=O)[nH]1. The summed E-state index contributed by atoms with van der Waals surface area (Å²) in [4.78, 5) is 29.1. The molecule has 1 fully saturated rings. The summed E-state index contributed by atoms with van der Waals surface area (Å²) >= 11 is 0. The van der Waals surface area contributed by atoms with Crippen LogP contribution in [0.4, 0.5) is 5.69 Å². The van der Waals surface area contributed by atoms with Crippen molar-refractivity contribution >= 4 is 11.6 Å². The molecule has 3 rings (SSSR count). The van der Waals surface area contributed by atoms with E-state index in [0.29, 0.717) is 0 Å². The molecule has 2 aromatic rings. The van der Waals surface area contributed by atoms with Crippen LogP contribution in [-0.4, -0.2) is 37.2 Å². The number of H-pyrrole nitrogens is 1. The van der Waals surface area contributed by atoms with Crippen LogP contribution in [0.15, 0.2) is 41.2 Å². The van der Waals surface area contributed by atoms with E-state index in [0.717, 1.165) is 43.2 Å². The first-order valence-corrected chi connectivity index (χ1v) is 8.48. The molecular formula is C19H23N3O3. The lowest BCUT2D eigenvalue weighted by Gasteiger charge is -2.29. The van der Waals surface area contributed by atoms with Crippen molar-refractivity contribution in [3.63, 3.8) is 0 Å². The van der Waals surface area contributed by atoms with Crippen LogP contribution in [0.3, 0.4) is 0 Å². The molecule has 1 unspecified atom stereocenters. The number of morpholine rings is 1. The molecule has 132 valence electrons. The molecule has 0 spiro atoms. The first kappa shape index (κ1) is 17.2. The summed E-state index contributed by atoms with van der Waals surface area (Å²) in [6, 6.07) is 11.2. The van der Waals surface area contributed by atoms with Gasteiger partial charge in [-0.15, -0.1) is 0 Å². The minimum absolute atomic E-state index is 0.127.